The van der Waals surface area contributed by atoms with Crippen LogP contribution in [0.25, 0.3) is 0 Å². The molecule has 3 nitrogen and oxygen atoms in total. The predicted molar refractivity (Wildman–Crippen MR) is 51.8 cm³/mol. The van der Waals surface area contributed by atoms with Crippen LogP contribution in [0, 0.1) is 5.92 Å². The quantitative estimate of drug-likeness (QED) is 0.723. The van der Waals surface area contributed by atoms with Crippen LogP contribution in [0.15, 0.2) is 0 Å². The second kappa shape index (κ2) is 5.39. The van der Waals surface area contributed by atoms with E-state index in [2.05, 4.69) is 0 Å². The minimum Gasteiger partial charge on any atom is -0.377 e. The zero-order chi connectivity index (χ0) is 11.4. The first-order valence-corrected chi connectivity index (χ1v) is 5.24. The van der Waals surface area contributed by atoms with Crippen LogP contribution < -0.4 is 0 Å². The largest absolute Gasteiger partial charge is 0.377 e. The number of carbonyl (C=O) groups excluding carboxylic acids is 1. The van der Waals surface area contributed by atoms with Gasteiger partial charge in [0.05, 0.1) is 13.2 Å². The Morgan fingerprint density at radius 1 is 1.60 bits per heavy atom. The Hall–Kier alpha value is -0.710. The van der Waals surface area contributed by atoms with Crippen LogP contribution in [-0.2, 0) is 9.53 Å². The number of nitrogens with zero attached hydrogens (tertiary/aromatic N) is 1. The Labute approximate surface area is 88.4 Å². The Morgan fingerprint density at radius 2 is 2.27 bits per heavy atom. The normalized spacial score (nSPS) is 24.3. The van der Waals surface area contributed by atoms with Gasteiger partial charge in [0.2, 0.25) is 5.91 Å². The number of carbonyl (C=O) groups is 1. The molecule has 15 heavy (non-hydrogen) atoms. The van der Waals surface area contributed by atoms with Crippen molar-refractivity contribution in [1.82, 2.24) is 4.90 Å². The summed E-state index contributed by atoms with van der Waals surface area (Å²) in [7, 11) is 0. The van der Waals surface area contributed by atoms with Crippen molar-refractivity contribution in [3.05, 3.63) is 0 Å². The molecule has 2 atom stereocenters. The Kier molecular flexibility index (Phi) is 4.45. The molecule has 0 aromatic rings. The van der Waals surface area contributed by atoms with Gasteiger partial charge in [-0.25, -0.2) is 8.78 Å². The summed E-state index contributed by atoms with van der Waals surface area (Å²) in [5, 5.41) is 0. The van der Waals surface area contributed by atoms with Gasteiger partial charge in [0, 0.05) is 12.5 Å². The fourth-order valence-electron chi connectivity index (χ4n) is 1.56. The van der Waals surface area contributed by atoms with E-state index < -0.39 is 12.5 Å². The van der Waals surface area contributed by atoms with Gasteiger partial charge in [0.25, 0.3) is 6.43 Å². The number of hydrogen-bond donors (Lipinski definition) is 0. The van der Waals surface area contributed by atoms with Gasteiger partial charge in [0.1, 0.15) is 6.04 Å². The van der Waals surface area contributed by atoms with Gasteiger partial charge in [-0.1, -0.05) is 13.8 Å². The molecule has 0 bridgehead atoms. The summed E-state index contributed by atoms with van der Waals surface area (Å²) in [5.41, 5.74) is 0. The zero-order valence-electron chi connectivity index (χ0n) is 9.08. The maximum atomic E-state index is 12.6. The molecule has 0 N–H and O–H groups in total. The number of hydrogen-bond acceptors (Lipinski definition) is 2. The average molecular weight is 221 g/mol. The highest BCUT2D eigenvalue weighted by Crippen LogP contribution is 2.18. The molecule has 0 aromatic heterocycles. The summed E-state index contributed by atoms with van der Waals surface area (Å²) in [6.07, 6.45) is -1.86. The molecule has 0 saturated carbocycles. The first-order valence-electron chi connectivity index (χ1n) is 5.24. The van der Waals surface area contributed by atoms with Crippen molar-refractivity contribution < 1.29 is 18.3 Å². The monoisotopic (exact) mass is 221 g/mol. The first kappa shape index (κ1) is 12.4. The Balaban J connectivity index is 2.67. The molecule has 1 saturated heterocycles. The van der Waals surface area contributed by atoms with Gasteiger partial charge in [-0.2, -0.15) is 0 Å². The molecule has 1 fully saturated rings. The molecule has 0 spiro atoms. The smallest absolute Gasteiger partial charge is 0.260 e. The van der Waals surface area contributed by atoms with Crippen LogP contribution in [0.1, 0.15) is 20.3 Å². The number of morpholine rings is 1. The standard InChI is InChI=1S/C10H17F2NO2/c1-3-7(2)10(14)13-4-5-15-6-8(13)9(11)12/h7-9H,3-6H2,1-2H3. The van der Waals surface area contributed by atoms with Crippen LogP contribution in [0.5, 0.6) is 0 Å². The summed E-state index contributed by atoms with van der Waals surface area (Å²) in [6, 6.07) is -1.07. The summed E-state index contributed by atoms with van der Waals surface area (Å²) in [4.78, 5) is 13.0. The molecule has 1 aliphatic heterocycles. The topological polar surface area (TPSA) is 29.5 Å². The molecule has 88 valence electrons. The second-order valence-corrected chi connectivity index (χ2v) is 3.82. The Morgan fingerprint density at radius 3 is 2.80 bits per heavy atom. The molecule has 0 radical (unpaired) electrons. The molecule has 5 heteroatoms. The molecular weight excluding hydrogens is 204 g/mol. The van der Waals surface area contributed by atoms with Crippen molar-refractivity contribution in [1.29, 1.82) is 0 Å². The summed E-state index contributed by atoms with van der Waals surface area (Å²) < 4.78 is 30.2. The van der Waals surface area contributed by atoms with E-state index in [-0.39, 0.29) is 25.0 Å². The molecular formula is C10H17F2NO2. The third-order valence-corrected chi connectivity index (χ3v) is 2.77. The third kappa shape index (κ3) is 2.87. The number of amides is 1. The van der Waals surface area contributed by atoms with Crippen molar-refractivity contribution in [2.24, 2.45) is 5.92 Å². The van der Waals surface area contributed by atoms with E-state index in [1.165, 1.54) is 4.90 Å². The second-order valence-electron chi connectivity index (χ2n) is 3.82. The van der Waals surface area contributed by atoms with E-state index in [1.807, 2.05) is 6.92 Å². The summed E-state index contributed by atoms with van der Waals surface area (Å²) in [5.74, 6) is -0.379. The average Bonchev–Trinajstić information content (AvgIpc) is 2.27. The van der Waals surface area contributed by atoms with E-state index >= 15 is 0 Å². The van der Waals surface area contributed by atoms with Gasteiger partial charge in [-0.05, 0) is 6.42 Å². The van der Waals surface area contributed by atoms with Crippen molar-refractivity contribution >= 4 is 5.91 Å². The van der Waals surface area contributed by atoms with Gasteiger partial charge < -0.3 is 9.64 Å². The fourth-order valence-corrected chi connectivity index (χ4v) is 1.56. The molecule has 1 rings (SSSR count). The highest BCUT2D eigenvalue weighted by Gasteiger charge is 2.35. The molecule has 2 unspecified atom stereocenters. The lowest BCUT2D eigenvalue weighted by atomic mass is 10.1. The van der Waals surface area contributed by atoms with Crippen molar-refractivity contribution in [2.75, 3.05) is 19.8 Å². The van der Waals surface area contributed by atoms with E-state index in [1.54, 1.807) is 6.92 Å². The van der Waals surface area contributed by atoms with E-state index in [9.17, 15) is 13.6 Å². The van der Waals surface area contributed by atoms with E-state index in [0.29, 0.717) is 13.0 Å². The molecule has 1 aliphatic rings. The number of halogens is 2. The van der Waals surface area contributed by atoms with Crippen molar-refractivity contribution in [2.45, 2.75) is 32.7 Å². The Bertz CT molecular complexity index is 223. The SMILES string of the molecule is CCC(C)C(=O)N1CCOCC1C(F)F. The summed E-state index contributed by atoms with van der Waals surface area (Å²) >= 11 is 0. The third-order valence-electron chi connectivity index (χ3n) is 2.77. The lowest BCUT2D eigenvalue weighted by Crippen LogP contribution is -2.53. The molecule has 0 aromatic carbocycles. The van der Waals surface area contributed by atoms with E-state index in [0.717, 1.165) is 0 Å². The molecule has 1 heterocycles. The number of rotatable bonds is 3. The minimum atomic E-state index is -2.53. The number of ether oxygens (including phenoxy) is 1. The van der Waals surface area contributed by atoms with Crippen LogP contribution >= 0.6 is 0 Å². The number of alkyl halides is 2. The van der Waals surface area contributed by atoms with Crippen LogP contribution in [0.4, 0.5) is 8.78 Å². The van der Waals surface area contributed by atoms with Gasteiger partial charge in [-0.3, -0.25) is 4.79 Å². The molecule has 0 aliphatic carbocycles. The summed E-state index contributed by atoms with van der Waals surface area (Å²) in [6.45, 7) is 4.21. The maximum Gasteiger partial charge on any atom is 0.260 e. The minimum absolute atomic E-state index is 0.0557. The van der Waals surface area contributed by atoms with Crippen LogP contribution in [0.3, 0.4) is 0 Å². The van der Waals surface area contributed by atoms with Gasteiger partial charge in [-0.15, -0.1) is 0 Å². The fraction of sp³-hybridized carbons (Fsp3) is 0.900. The first-order chi connectivity index (χ1) is 7.07. The lowest BCUT2D eigenvalue weighted by molar-refractivity contribution is -0.151. The van der Waals surface area contributed by atoms with E-state index in [4.69, 9.17) is 4.74 Å². The van der Waals surface area contributed by atoms with Crippen LogP contribution in [-0.4, -0.2) is 43.0 Å². The van der Waals surface area contributed by atoms with Crippen molar-refractivity contribution in [3.8, 4) is 0 Å². The highest BCUT2D eigenvalue weighted by molar-refractivity contribution is 5.78. The van der Waals surface area contributed by atoms with Gasteiger partial charge >= 0.3 is 0 Å². The zero-order valence-corrected chi connectivity index (χ0v) is 9.08. The van der Waals surface area contributed by atoms with Crippen LogP contribution in [0.2, 0.25) is 0 Å². The maximum absolute atomic E-state index is 12.6. The van der Waals surface area contributed by atoms with Gasteiger partial charge in [0.15, 0.2) is 0 Å². The van der Waals surface area contributed by atoms with Crippen molar-refractivity contribution in [3.63, 3.8) is 0 Å². The molecule has 1 amide bonds. The highest BCUT2D eigenvalue weighted by atomic mass is 19.3. The predicted octanol–water partition coefficient (Wildman–Crippen LogP) is 1.52. The lowest BCUT2D eigenvalue weighted by Gasteiger charge is -2.36.